The van der Waals surface area contributed by atoms with E-state index in [4.69, 9.17) is 15.7 Å². The number of oxime groups is 1. The van der Waals surface area contributed by atoms with Gasteiger partial charge < -0.3 is 15.7 Å². The third-order valence-corrected chi connectivity index (χ3v) is 3.36. The molecule has 0 saturated heterocycles. The van der Waals surface area contributed by atoms with Crippen LogP contribution in [-0.4, -0.2) is 23.9 Å². The molecule has 1 aromatic rings. The quantitative estimate of drug-likeness (QED) is 0.199. The van der Waals surface area contributed by atoms with Gasteiger partial charge in [-0.25, -0.2) is 0 Å². The fourth-order valence-electron chi connectivity index (χ4n) is 1.64. The fourth-order valence-corrected chi connectivity index (χ4v) is 2.26. The van der Waals surface area contributed by atoms with Gasteiger partial charge in [0, 0.05) is 4.90 Å². The molecule has 5 heteroatoms. The lowest BCUT2D eigenvalue weighted by atomic mass is 10.2. The van der Waals surface area contributed by atoms with E-state index in [2.05, 4.69) is 12.1 Å². The summed E-state index contributed by atoms with van der Waals surface area (Å²) in [6.07, 6.45) is 5.25. The van der Waals surface area contributed by atoms with Crippen molar-refractivity contribution in [2.75, 3.05) is 12.9 Å². The zero-order valence-electron chi connectivity index (χ0n) is 10.8. The minimum absolute atomic E-state index is 0.0884. The first-order valence-electron chi connectivity index (χ1n) is 6.02. The van der Waals surface area contributed by atoms with Gasteiger partial charge in [0.25, 0.3) is 0 Å². The van der Waals surface area contributed by atoms with Gasteiger partial charge in [0.2, 0.25) is 0 Å². The van der Waals surface area contributed by atoms with Crippen molar-refractivity contribution in [3.8, 4) is 5.75 Å². The average Bonchev–Trinajstić information content (AvgIpc) is 2.42. The van der Waals surface area contributed by atoms with Crippen molar-refractivity contribution >= 4 is 17.6 Å². The Balaban J connectivity index is 2.89. The number of unbranched alkanes of at least 4 members (excludes halogenated alkanes) is 2. The first-order chi connectivity index (χ1) is 8.74. The van der Waals surface area contributed by atoms with Crippen molar-refractivity contribution in [2.24, 2.45) is 10.9 Å². The molecular formula is C13H20N2O2S. The lowest BCUT2D eigenvalue weighted by Gasteiger charge is -2.13. The Kier molecular flexibility index (Phi) is 6.43. The Labute approximate surface area is 112 Å². The summed E-state index contributed by atoms with van der Waals surface area (Å²) in [5.74, 6) is 0.763. The van der Waals surface area contributed by atoms with Gasteiger partial charge >= 0.3 is 0 Å². The fraction of sp³-hybridized carbons (Fsp3) is 0.462. The molecule has 0 radical (unpaired) electrons. The van der Waals surface area contributed by atoms with Crippen molar-refractivity contribution in [3.05, 3.63) is 23.8 Å². The molecular weight excluding hydrogens is 248 g/mol. The molecule has 1 rings (SSSR count). The van der Waals surface area contributed by atoms with Gasteiger partial charge in [0.1, 0.15) is 5.75 Å². The van der Waals surface area contributed by atoms with Gasteiger partial charge in [-0.05, 0) is 24.8 Å². The Morgan fingerprint density at radius 3 is 2.83 bits per heavy atom. The van der Waals surface area contributed by atoms with E-state index >= 15 is 0 Å². The Hall–Kier alpha value is -1.36. The molecule has 0 fully saturated rings. The second-order valence-electron chi connectivity index (χ2n) is 3.87. The molecule has 0 unspecified atom stereocenters. The van der Waals surface area contributed by atoms with Crippen molar-refractivity contribution < 1.29 is 9.94 Å². The van der Waals surface area contributed by atoms with Gasteiger partial charge in [-0.1, -0.05) is 31.0 Å². The van der Waals surface area contributed by atoms with Gasteiger partial charge in [-0.15, -0.1) is 11.8 Å². The van der Waals surface area contributed by atoms with E-state index in [9.17, 15) is 0 Å². The van der Waals surface area contributed by atoms with Crippen LogP contribution in [0.3, 0.4) is 0 Å². The molecule has 1 aromatic carbocycles. The number of hydrogen-bond acceptors (Lipinski definition) is 4. The minimum Gasteiger partial charge on any atom is -0.493 e. The highest BCUT2D eigenvalue weighted by Gasteiger charge is 2.13. The zero-order valence-corrected chi connectivity index (χ0v) is 11.7. The maximum absolute atomic E-state index is 8.84. The van der Waals surface area contributed by atoms with E-state index in [-0.39, 0.29) is 5.84 Å². The Morgan fingerprint density at radius 1 is 1.44 bits per heavy atom. The number of hydrogen-bond donors (Lipinski definition) is 2. The molecule has 0 aliphatic rings. The summed E-state index contributed by atoms with van der Waals surface area (Å²) < 4.78 is 5.72. The van der Waals surface area contributed by atoms with Crippen LogP contribution in [0.15, 0.2) is 28.3 Å². The van der Waals surface area contributed by atoms with Gasteiger partial charge in [0.05, 0.1) is 12.2 Å². The van der Waals surface area contributed by atoms with E-state index in [1.807, 2.05) is 24.5 Å². The van der Waals surface area contributed by atoms with E-state index in [1.54, 1.807) is 11.8 Å². The van der Waals surface area contributed by atoms with Crippen molar-refractivity contribution in [2.45, 2.75) is 31.1 Å². The summed E-state index contributed by atoms with van der Waals surface area (Å²) >= 11 is 1.55. The third kappa shape index (κ3) is 3.84. The predicted molar refractivity (Wildman–Crippen MR) is 75.8 cm³/mol. The smallest absolute Gasteiger partial charge is 0.174 e. The third-order valence-electron chi connectivity index (χ3n) is 2.58. The molecule has 100 valence electrons. The topological polar surface area (TPSA) is 67.8 Å². The number of rotatable bonds is 7. The lowest BCUT2D eigenvalue weighted by Crippen LogP contribution is -2.16. The van der Waals surface area contributed by atoms with Crippen molar-refractivity contribution in [3.63, 3.8) is 0 Å². The van der Waals surface area contributed by atoms with E-state index in [0.29, 0.717) is 17.9 Å². The second kappa shape index (κ2) is 7.87. The number of amidine groups is 1. The summed E-state index contributed by atoms with van der Waals surface area (Å²) in [7, 11) is 0. The largest absolute Gasteiger partial charge is 0.493 e. The standard InChI is InChI=1S/C13H20N2O2S/c1-3-4-5-9-17-10-7-6-8-11(18-2)12(10)13(14)15-16/h6-8,16H,3-5,9H2,1-2H3,(H2,14,15). The van der Waals surface area contributed by atoms with Crippen LogP contribution in [0.5, 0.6) is 5.75 Å². The van der Waals surface area contributed by atoms with E-state index in [1.165, 1.54) is 0 Å². The summed E-state index contributed by atoms with van der Waals surface area (Å²) in [6, 6.07) is 5.69. The van der Waals surface area contributed by atoms with Crippen molar-refractivity contribution in [1.82, 2.24) is 0 Å². The number of benzene rings is 1. The predicted octanol–water partition coefficient (Wildman–Crippen LogP) is 3.07. The maximum Gasteiger partial charge on any atom is 0.174 e. The second-order valence-corrected chi connectivity index (χ2v) is 4.72. The molecule has 0 heterocycles. The Morgan fingerprint density at radius 2 is 2.22 bits per heavy atom. The highest BCUT2D eigenvalue weighted by atomic mass is 32.2. The van der Waals surface area contributed by atoms with Gasteiger partial charge in [-0.2, -0.15) is 0 Å². The summed E-state index contributed by atoms with van der Waals surface area (Å²) in [6.45, 7) is 2.80. The molecule has 0 saturated carbocycles. The molecule has 0 aliphatic heterocycles. The molecule has 3 N–H and O–H groups in total. The summed E-state index contributed by atoms with van der Waals surface area (Å²) in [5.41, 5.74) is 6.38. The molecule has 0 aliphatic carbocycles. The van der Waals surface area contributed by atoms with Crippen LogP contribution in [0, 0.1) is 0 Å². The monoisotopic (exact) mass is 268 g/mol. The van der Waals surface area contributed by atoms with E-state index in [0.717, 1.165) is 24.2 Å². The Bertz CT molecular complexity index is 408. The van der Waals surface area contributed by atoms with Crippen LogP contribution < -0.4 is 10.5 Å². The lowest BCUT2D eigenvalue weighted by molar-refractivity contribution is 0.302. The molecule has 0 aromatic heterocycles. The molecule has 0 spiro atoms. The number of nitrogens with two attached hydrogens (primary N) is 1. The number of thioether (sulfide) groups is 1. The first-order valence-corrected chi connectivity index (χ1v) is 7.24. The van der Waals surface area contributed by atoms with Crippen LogP contribution in [0.4, 0.5) is 0 Å². The van der Waals surface area contributed by atoms with Gasteiger partial charge in [0.15, 0.2) is 5.84 Å². The average molecular weight is 268 g/mol. The van der Waals surface area contributed by atoms with Crippen LogP contribution in [0.1, 0.15) is 31.7 Å². The summed E-state index contributed by atoms with van der Waals surface area (Å²) in [4.78, 5) is 0.943. The van der Waals surface area contributed by atoms with Crippen LogP contribution in [-0.2, 0) is 0 Å². The molecule has 0 atom stereocenters. The molecule has 4 nitrogen and oxygen atoms in total. The molecule has 0 amide bonds. The van der Waals surface area contributed by atoms with E-state index < -0.39 is 0 Å². The first kappa shape index (κ1) is 14.7. The van der Waals surface area contributed by atoms with Crippen LogP contribution in [0.2, 0.25) is 0 Å². The highest BCUT2D eigenvalue weighted by Crippen LogP contribution is 2.28. The molecule has 18 heavy (non-hydrogen) atoms. The van der Waals surface area contributed by atoms with Crippen molar-refractivity contribution in [1.29, 1.82) is 0 Å². The van der Waals surface area contributed by atoms with Gasteiger partial charge in [-0.3, -0.25) is 0 Å². The highest BCUT2D eigenvalue weighted by molar-refractivity contribution is 7.98. The minimum atomic E-state index is 0.0884. The van der Waals surface area contributed by atoms with Crippen LogP contribution in [0.25, 0.3) is 0 Å². The normalized spacial score (nSPS) is 11.6. The maximum atomic E-state index is 8.84. The SMILES string of the molecule is CCCCCOc1cccc(SC)c1/C(N)=N/O. The number of nitrogens with zero attached hydrogens (tertiary/aromatic N) is 1. The zero-order chi connectivity index (χ0) is 13.4. The summed E-state index contributed by atoms with van der Waals surface area (Å²) in [5, 5.41) is 11.9. The molecule has 0 bridgehead atoms. The number of ether oxygens (including phenoxy) is 1. The van der Waals surface area contributed by atoms with Crippen LogP contribution >= 0.6 is 11.8 Å².